The molecule has 0 aliphatic carbocycles. The van der Waals surface area contributed by atoms with Gasteiger partial charge in [-0.25, -0.2) is 0 Å². The van der Waals surface area contributed by atoms with Crippen LogP contribution in [0, 0.1) is 0 Å². The monoisotopic (exact) mass is 232 g/mol. The number of hydrogen-bond acceptors (Lipinski definition) is 1. The van der Waals surface area contributed by atoms with Crippen LogP contribution in [0.2, 0.25) is 0 Å². The molecule has 2 heteroatoms. The summed E-state index contributed by atoms with van der Waals surface area (Å²) >= 11 is 0. The van der Waals surface area contributed by atoms with Crippen molar-refractivity contribution >= 4 is 9.04 Å². The van der Waals surface area contributed by atoms with Crippen molar-refractivity contribution in [2.75, 3.05) is 0 Å². The molecule has 0 spiro atoms. The van der Waals surface area contributed by atoms with Crippen LogP contribution in [0.15, 0.2) is 54.9 Å². The van der Waals surface area contributed by atoms with E-state index in [4.69, 9.17) is 4.43 Å². The first-order valence-electron chi connectivity index (χ1n) is 5.74. The van der Waals surface area contributed by atoms with E-state index in [0.717, 1.165) is 12.8 Å². The molecule has 0 bridgehead atoms. The summed E-state index contributed by atoms with van der Waals surface area (Å²) in [5.74, 6) is 0. The van der Waals surface area contributed by atoms with Gasteiger partial charge in [0, 0.05) is 6.10 Å². The molecule has 0 heterocycles. The van der Waals surface area contributed by atoms with Gasteiger partial charge < -0.3 is 4.43 Å². The minimum absolute atomic E-state index is 0.287. The van der Waals surface area contributed by atoms with E-state index < -0.39 is 9.04 Å². The van der Waals surface area contributed by atoms with Crippen molar-refractivity contribution in [2.24, 2.45) is 0 Å². The molecule has 1 aromatic rings. The van der Waals surface area contributed by atoms with Crippen LogP contribution in [-0.4, -0.2) is 15.1 Å². The van der Waals surface area contributed by atoms with Gasteiger partial charge in [-0.3, -0.25) is 0 Å². The molecule has 1 nitrogen and oxygen atoms in total. The predicted octanol–water partition coefficient (Wildman–Crippen LogP) is 3.20. The summed E-state index contributed by atoms with van der Waals surface area (Å²) in [7, 11) is -1.38. The minimum atomic E-state index is -1.38. The zero-order chi connectivity index (χ0) is 11.8. The molecular weight excluding hydrogens is 212 g/mol. The van der Waals surface area contributed by atoms with Crippen molar-refractivity contribution in [3.63, 3.8) is 0 Å². The van der Waals surface area contributed by atoms with Crippen LogP contribution >= 0.6 is 0 Å². The highest BCUT2D eigenvalue weighted by Gasteiger charge is 2.11. The Balaban J connectivity index is 2.55. The lowest BCUT2D eigenvalue weighted by Gasteiger charge is -2.19. The van der Waals surface area contributed by atoms with Gasteiger partial charge in [0.05, 0.1) is 0 Å². The smallest absolute Gasteiger partial charge is 0.224 e. The van der Waals surface area contributed by atoms with Crippen molar-refractivity contribution < 1.29 is 4.43 Å². The van der Waals surface area contributed by atoms with E-state index in [1.165, 1.54) is 5.56 Å². The fourth-order valence-electron chi connectivity index (χ4n) is 1.60. The van der Waals surface area contributed by atoms with Gasteiger partial charge in [0.1, 0.15) is 0 Å². The van der Waals surface area contributed by atoms with Crippen LogP contribution < -0.4 is 0 Å². The summed E-state index contributed by atoms with van der Waals surface area (Å²) in [6.07, 6.45) is 2.29. The number of rotatable bonds is 7. The molecule has 0 saturated heterocycles. The van der Waals surface area contributed by atoms with Crippen molar-refractivity contribution in [1.29, 1.82) is 0 Å². The Labute approximate surface area is 100 Å². The molecule has 0 saturated carbocycles. The van der Waals surface area contributed by atoms with E-state index in [2.05, 4.69) is 44.3 Å². The maximum atomic E-state index is 6.00. The van der Waals surface area contributed by atoms with Gasteiger partial charge in [0.2, 0.25) is 9.04 Å². The Hall–Kier alpha value is -1.12. The first-order valence-corrected chi connectivity index (χ1v) is 7.55. The van der Waals surface area contributed by atoms with Gasteiger partial charge in [-0.2, -0.15) is 0 Å². The van der Waals surface area contributed by atoms with E-state index in [9.17, 15) is 0 Å². The summed E-state index contributed by atoms with van der Waals surface area (Å²) in [4.78, 5) is 0. The lowest BCUT2D eigenvalue weighted by atomic mass is 10.1. The number of benzene rings is 1. The fraction of sp³-hybridized carbons (Fsp3) is 0.286. The molecular formula is C14H20OSi. The fourth-order valence-corrected chi connectivity index (χ4v) is 2.74. The molecule has 1 atom stereocenters. The molecule has 0 aromatic heterocycles. The zero-order valence-corrected chi connectivity index (χ0v) is 11.1. The Morgan fingerprint density at radius 3 is 2.38 bits per heavy atom. The second-order valence-corrected chi connectivity index (χ2v) is 5.94. The van der Waals surface area contributed by atoms with E-state index in [1.807, 2.05) is 17.5 Å². The van der Waals surface area contributed by atoms with Gasteiger partial charge in [0.25, 0.3) is 0 Å². The van der Waals surface area contributed by atoms with Crippen LogP contribution in [0.3, 0.4) is 0 Å². The Morgan fingerprint density at radius 1 is 1.25 bits per heavy atom. The van der Waals surface area contributed by atoms with Crippen molar-refractivity contribution in [1.82, 2.24) is 0 Å². The first kappa shape index (κ1) is 12.9. The summed E-state index contributed by atoms with van der Waals surface area (Å²) in [6, 6.07) is 10.5. The molecule has 1 unspecified atom stereocenters. The zero-order valence-electron chi connectivity index (χ0n) is 9.93. The second kappa shape index (κ2) is 7.20. The highest BCUT2D eigenvalue weighted by atomic mass is 28.3. The van der Waals surface area contributed by atoms with Crippen molar-refractivity contribution in [3.8, 4) is 0 Å². The molecule has 0 aliphatic rings. The highest BCUT2D eigenvalue weighted by Crippen LogP contribution is 2.10. The van der Waals surface area contributed by atoms with Gasteiger partial charge in [0.15, 0.2) is 0 Å². The van der Waals surface area contributed by atoms with Crippen LogP contribution in [0.1, 0.15) is 18.9 Å². The van der Waals surface area contributed by atoms with E-state index >= 15 is 0 Å². The average Bonchev–Trinajstić information content (AvgIpc) is 2.35. The van der Waals surface area contributed by atoms with E-state index in [-0.39, 0.29) is 6.10 Å². The van der Waals surface area contributed by atoms with Gasteiger partial charge >= 0.3 is 0 Å². The normalized spacial score (nSPS) is 12.4. The molecule has 1 aromatic carbocycles. The second-order valence-electron chi connectivity index (χ2n) is 3.79. The van der Waals surface area contributed by atoms with E-state index in [0.29, 0.717) is 0 Å². The first-order chi connectivity index (χ1) is 7.80. The Kier molecular flexibility index (Phi) is 5.82. The molecule has 0 fully saturated rings. The van der Waals surface area contributed by atoms with Crippen molar-refractivity contribution in [2.45, 2.75) is 25.9 Å². The minimum Gasteiger partial charge on any atom is -0.409 e. The average molecular weight is 232 g/mol. The third-order valence-corrected chi connectivity index (χ3v) is 4.20. The van der Waals surface area contributed by atoms with Crippen LogP contribution in [0.4, 0.5) is 0 Å². The SMILES string of the molecule is C=C[SiH](C=C)OC(CC)Cc1ccccc1. The van der Waals surface area contributed by atoms with Gasteiger partial charge in [-0.15, -0.1) is 13.2 Å². The summed E-state index contributed by atoms with van der Waals surface area (Å²) in [6.45, 7) is 9.74. The Morgan fingerprint density at radius 2 is 1.88 bits per heavy atom. The van der Waals surface area contributed by atoms with Crippen LogP contribution in [0.5, 0.6) is 0 Å². The van der Waals surface area contributed by atoms with Gasteiger partial charge in [-0.05, 0) is 18.4 Å². The third-order valence-electron chi connectivity index (χ3n) is 2.58. The lowest BCUT2D eigenvalue weighted by molar-refractivity contribution is 0.204. The molecule has 1 rings (SSSR count). The maximum absolute atomic E-state index is 6.00. The molecule has 0 aliphatic heterocycles. The largest absolute Gasteiger partial charge is 0.409 e. The number of hydrogen-bond donors (Lipinski definition) is 0. The molecule has 86 valence electrons. The quantitative estimate of drug-likeness (QED) is 0.656. The Bertz CT molecular complexity index is 313. The lowest BCUT2D eigenvalue weighted by Crippen LogP contribution is -2.24. The highest BCUT2D eigenvalue weighted by molar-refractivity contribution is 6.62. The summed E-state index contributed by atoms with van der Waals surface area (Å²) < 4.78 is 6.00. The van der Waals surface area contributed by atoms with Gasteiger partial charge in [-0.1, -0.05) is 48.7 Å². The van der Waals surface area contributed by atoms with Crippen molar-refractivity contribution in [3.05, 3.63) is 60.5 Å². The maximum Gasteiger partial charge on any atom is 0.224 e. The topological polar surface area (TPSA) is 9.23 Å². The standard InChI is InChI=1S/C14H20OSi/c1-4-14(15-16(5-2)6-3)12-13-10-8-7-9-11-13/h5-11,14,16H,2-4,12H2,1H3. The molecule has 0 radical (unpaired) electrons. The summed E-state index contributed by atoms with van der Waals surface area (Å²) in [5, 5.41) is 0. The summed E-state index contributed by atoms with van der Waals surface area (Å²) in [5.41, 5.74) is 5.16. The molecule has 0 amide bonds. The third kappa shape index (κ3) is 4.17. The molecule has 0 N–H and O–H groups in total. The van der Waals surface area contributed by atoms with Crippen LogP contribution in [0.25, 0.3) is 0 Å². The predicted molar refractivity (Wildman–Crippen MR) is 72.9 cm³/mol. The van der Waals surface area contributed by atoms with E-state index in [1.54, 1.807) is 0 Å². The molecule has 16 heavy (non-hydrogen) atoms. The van der Waals surface area contributed by atoms with Crippen LogP contribution in [-0.2, 0) is 10.8 Å².